The SMILES string of the molecule is COC(=O)C1OC1(C)CCC=C(C)CCC1OC1(C)C. The lowest BCUT2D eigenvalue weighted by molar-refractivity contribution is -0.142. The maximum atomic E-state index is 11.4. The van der Waals surface area contributed by atoms with E-state index in [1.165, 1.54) is 12.7 Å². The van der Waals surface area contributed by atoms with Crippen LogP contribution in [0.25, 0.3) is 0 Å². The van der Waals surface area contributed by atoms with Crippen molar-refractivity contribution in [3.05, 3.63) is 11.6 Å². The molecule has 20 heavy (non-hydrogen) atoms. The fourth-order valence-electron chi connectivity index (χ4n) is 2.63. The predicted molar refractivity (Wildman–Crippen MR) is 76.5 cm³/mol. The summed E-state index contributed by atoms with van der Waals surface area (Å²) in [6.45, 7) is 8.39. The molecule has 2 saturated heterocycles. The first-order valence-electron chi connectivity index (χ1n) is 7.37. The molecule has 4 heteroatoms. The minimum atomic E-state index is -0.373. The summed E-state index contributed by atoms with van der Waals surface area (Å²) < 4.78 is 15.7. The maximum absolute atomic E-state index is 11.4. The molecule has 0 aromatic heterocycles. The molecule has 0 aliphatic carbocycles. The van der Waals surface area contributed by atoms with Crippen LogP contribution in [0.5, 0.6) is 0 Å². The smallest absolute Gasteiger partial charge is 0.338 e. The van der Waals surface area contributed by atoms with E-state index in [4.69, 9.17) is 14.2 Å². The number of carbonyl (C=O) groups is 1. The van der Waals surface area contributed by atoms with Crippen molar-refractivity contribution in [2.75, 3.05) is 7.11 Å². The lowest BCUT2D eigenvalue weighted by atomic mass is 9.99. The van der Waals surface area contributed by atoms with Gasteiger partial charge >= 0.3 is 5.97 Å². The van der Waals surface area contributed by atoms with Crippen LogP contribution in [-0.4, -0.2) is 36.5 Å². The Morgan fingerprint density at radius 2 is 1.95 bits per heavy atom. The van der Waals surface area contributed by atoms with Gasteiger partial charge in [-0.2, -0.15) is 0 Å². The van der Waals surface area contributed by atoms with Gasteiger partial charge in [-0.25, -0.2) is 4.79 Å². The highest BCUT2D eigenvalue weighted by Gasteiger charge is 2.57. The predicted octanol–water partition coefficient (Wildman–Crippen LogP) is 3.00. The minimum absolute atomic E-state index is 0.0867. The zero-order chi connectivity index (χ0) is 15.0. The molecule has 3 unspecified atom stereocenters. The van der Waals surface area contributed by atoms with Crippen molar-refractivity contribution in [1.29, 1.82) is 0 Å². The molecule has 0 spiro atoms. The lowest BCUT2D eigenvalue weighted by Crippen LogP contribution is -2.18. The number of hydrogen-bond donors (Lipinski definition) is 0. The number of hydrogen-bond acceptors (Lipinski definition) is 4. The van der Waals surface area contributed by atoms with E-state index in [1.807, 2.05) is 6.92 Å². The summed E-state index contributed by atoms with van der Waals surface area (Å²) >= 11 is 0. The first-order valence-corrected chi connectivity index (χ1v) is 7.37. The summed E-state index contributed by atoms with van der Waals surface area (Å²) in [7, 11) is 1.40. The Labute approximate surface area is 121 Å². The van der Waals surface area contributed by atoms with E-state index in [-0.39, 0.29) is 23.3 Å². The van der Waals surface area contributed by atoms with Gasteiger partial charge in [-0.1, -0.05) is 11.6 Å². The van der Waals surface area contributed by atoms with E-state index in [1.54, 1.807) is 0 Å². The summed E-state index contributed by atoms with van der Waals surface area (Å²) in [5, 5.41) is 0. The number of methoxy groups -OCH3 is 1. The van der Waals surface area contributed by atoms with Crippen LogP contribution in [0.4, 0.5) is 0 Å². The Morgan fingerprint density at radius 3 is 2.50 bits per heavy atom. The van der Waals surface area contributed by atoms with E-state index < -0.39 is 0 Å². The summed E-state index contributed by atoms with van der Waals surface area (Å²) in [6, 6.07) is 0. The quantitative estimate of drug-likeness (QED) is 0.409. The van der Waals surface area contributed by atoms with E-state index in [9.17, 15) is 4.79 Å². The van der Waals surface area contributed by atoms with Crippen molar-refractivity contribution >= 4 is 5.97 Å². The van der Waals surface area contributed by atoms with Crippen molar-refractivity contribution in [3.8, 4) is 0 Å². The van der Waals surface area contributed by atoms with Gasteiger partial charge in [-0.3, -0.25) is 0 Å². The van der Waals surface area contributed by atoms with E-state index in [2.05, 4.69) is 26.8 Å². The topological polar surface area (TPSA) is 51.4 Å². The first-order chi connectivity index (χ1) is 9.28. The largest absolute Gasteiger partial charge is 0.467 e. The van der Waals surface area contributed by atoms with Crippen LogP contribution in [0.3, 0.4) is 0 Å². The standard InChI is InChI=1S/C16H26O4/c1-11(8-9-12-15(2,3)19-12)7-6-10-16(4)13(20-16)14(17)18-5/h7,12-13H,6,8-10H2,1-5H3. The monoisotopic (exact) mass is 282 g/mol. The van der Waals surface area contributed by atoms with Crippen molar-refractivity contribution in [1.82, 2.24) is 0 Å². The second kappa shape index (κ2) is 5.49. The van der Waals surface area contributed by atoms with Crippen LogP contribution in [-0.2, 0) is 19.0 Å². The Kier molecular flexibility index (Phi) is 4.26. The van der Waals surface area contributed by atoms with Gasteiger partial charge in [0, 0.05) is 0 Å². The number of allylic oxidation sites excluding steroid dienone is 2. The van der Waals surface area contributed by atoms with Crippen LogP contribution < -0.4 is 0 Å². The maximum Gasteiger partial charge on any atom is 0.338 e. The highest BCUT2D eigenvalue weighted by Crippen LogP contribution is 2.41. The molecule has 0 radical (unpaired) electrons. The van der Waals surface area contributed by atoms with E-state index >= 15 is 0 Å². The molecule has 2 aliphatic rings. The van der Waals surface area contributed by atoms with Gasteiger partial charge in [0.25, 0.3) is 0 Å². The molecule has 114 valence electrons. The third-order valence-corrected chi connectivity index (χ3v) is 4.40. The summed E-state index contributed by atoms with van der Waals surface area (Å²) in [5.74, 6) is -0.263. The second-order valence-corrected chi connectivity index (χ2v) is 6.67. The molecule has 0 aromatic rings. The van der Waals surface area contributed by atoms with Gasteiger partial charge in [0.15, 0.2) is 6.10 Å². The number of ether oxygens (including phenoxy) is 3. The molecule has 0 bridgehead atoms. The molecule has 2 fully saturated rings. The number of esters is 1. The summed E-state index contributed by atoms with van der Waals surface area (Å²) in [4.78, 5) is 11.4. The molecule has 4 nitrogen and oxygen atoms in total. The third-order valence-electron chi connectivity index (χ3n) is 4.40. The average molecular weight is 282 g/mol. The average Bonchev–Trinajstić information content (AvgIpc) is 3.22. The van der Waals surface area contributed by atoms with Gasteiger partial charge < -0.3 is 14.2 Å². The molecule has 0 N–H and O–H groups in total. The molecule has 2 heterocycles. The molecule has 2 rings (SSSR count). The Bertz CT molecular complexity index is 413. The van der Waals surface area contributed by atoms with Crippen LogP contribution in [0.2, 0.25) is 0 Å². The Hall–Kier alpha value is -0.870. The molecular formula is C16H26O4. The zero-order valence-electron chi connectivity index (χ0n) is 13.2. The number of rotatable bonds is 7. The Morgan fingerprint density at radius 1 is 1.30 bits per heavy atom. The number of epoxide rings is 2. The number of carbonyl (C=O) groups excluding carboxylic acids is 1. The third kappa shape index (κ3) is 3.61. The van der Waals surface area contributed by atoms with Crippen molar-refractivity contribution in [3.63, 3.8) is 0 Å². The van der Waals surface area contributed by atoms with Crippen molar-refractivity contribution in [2.24, 2.45) is 0 Å². The highest BCUT2D eigenvalue weighted by atomic mass is 16.6. The summed E-state index contributed by atoms with van der Waals surface area (Å²) in [6.07, 6.45) is 6.25. The molecular weight excluding hydrogens is 256 g/mol. The molecule has 0 saturated carbocycles. The molecule has 0 aromatic carbocycles. The lowest BCUT2D eigenvalue weighted by Gasteiger charge is -2.05. The highest BCUT2D eigenvalue weighted by molar-refractivity contribution is 5.79. The van der Waals surface area contributed by atoms with Gasteiger partial charge in [0.05, 0.1) is 18.8 Å². The van der Waals surface area contributed by atoms with Gasteiger partial charge in [0.1, 0.15) is 5.60 Å². The van der Waals surface area contributed by atoms with Crippen LogP contribution >= 0.6 is 0 Å². The van der Waals surface area contributed by atoms with Gasteiger partial charge in [0.2, 0.25) is 0 Å². The fraction of sp³-hybridized carbons (Fsp3) is 0.812. The van der Waals surface area contributed by atoms with Crippen molar-refractivity contribution in [2.45, 2.75) is 76.8 Å². The van der Waals surface area contributed by atoms with Crippen LogP contribution in [0, 0.1) is 0 Å². The molecule has 3 atom stereocenters. The fourth-order valence-corrected chi connectivity index (χ4v) is 2.63. The molecule has 0 amide bonds. The second-order valence-electron chi connectivity index (χ2n) is 6.67. The first kappa shape index (κ1) is 15.5. The normalized spacial score (nSPS) is 34.8. The molecule has 2 aliphatic heterocycles. The summed E-state index contributed by atoms with van der Waals surface area (Å²) in [5.41, 5.74) is 1.14. The van der Waals surface area contributed by atoms with Crippen LogP contribution in [0.15, 0.2) is 11.6 Å². The van der Waals surface area contributed by atoms with Crippen LogP contribution in [0.1, 0.15) is 53.4 Å². The van der Waals surface area contributed by atoms with Gasteiger partial charge in [-0.15, -0.1) is 0 Å². The van der Waals surface area contributed by atoms with E-state index in [0.29, 0.717) is 6.10 Å². The Balaban J connectivity index is 1.65. The van der Waals surface area contributed by atoms with Gasteiger partial charge in [-0.05, 0) is 53.4 Å². The zero-order valence-corrected chi connectivity index (χ0v) is 13.2. The van der Waals surface area contributed by atoms with E-state index in [0.717, 1.165) is 25.7 Å². The van der Waals surface area contributed by atoms with Crippen molar-refractivity contribution < 1.29 is 19.0 Å². The minimum Gasteiger partial charge on any atom is -0.467 e.